The summed E-state index contributed by atoms with van der Waals surface area (Å²) >= 11 is 1.73. The van der Waals surface area contributed by atoms with Gasteiger partial charge in [-0.1, -0.05) is 18.8 Å². The van der Waals surface area contributed by atoms with Gasteiger partial charge in [0.2, 0.25) is 0 Å². The molecule has 0 aromatic heterocycles. The van der Waals surface area contributed by atoms with E-state index in [1.807, 2.05) is 0 Å². The quantitative estimate of drug-likeness (QED) is 0.482. The molecule has 3 nitrogen and oxygen atoms in total. The number of ether oxygens (including phenoxy) is 1. The van der Waals surface area contributed by atoms with Crippen LogP contribution in [-0.4, -0.2) is 48.5 Å². The van der Waals surface area contributed by atoms with Crippen molar-refractivity contribution in [2.75, 3.05) is 31.2 Å². The van der Waals surface area contributed by atoms with Gasteiger partial charge in [-0.05, 0) is 12.8 Å². The molecular formula is C13H23NO2S. The smallest absolute Gasteiger partial charge is 0.0897 e. The van der Waals surface area contributed by atoms with Crippen LogP contribution in [0.1, 0.15) is 25.7 Å². The fraction of sp³-hybridized carbons (Fsp3) is 0.846. The third-order valence-corrected chi connectivity index (χ3v) is 3.68. The fourth-order valence-electron chi connectivity index (χ4n) is 1.91. The Morgan fingerprint density at radius 1 is 1.47 bits per heavy atom. The van der Waals surface area contributed by atoms with Crippen LogP contribution in [0.3, 0.4) is 0 Å². The summed E-state index contributed by atoms with van der Waals surface area (Å²) in [4.78, 5) is 0. The first-order valence-corrected chi connectivity index (χ1v) is 7.50. The number of thioether (sulfide) groups is 1. The number of hydrogen-bond donors (Lipinski definition) is 2. The van der Waals surface area contributed by atoms with Gasteiger partial charge in [0.15, 0.2) is 0 Å². The first-order valence-electron chi connectivity index (χ1n) is 6.34. The van der Waals surface area contributed by atoms with Crippen molar-refractivity contribution in [3.63, 3.8) is 0 Å². The molecule has 98 valence electrons. The van der Waals surface area contributed by atoms with Gasteiger partial charge in [-0.25, -0.2) is 0 Å². The molecule has 17 heavy (non-hydrogen) atoms. The van der Waals surface area contributed by atoms with E-state index >= 15 is 0 Å². The topological polar surface area (TPSA) is 41.5 Å². The molecule has 1 aliphatic carbocycles. The molecule has 2 N–H and O–H groups in total. The highest BCUT2D eigenvalue weighted by Crippen LogP contribution is 2.20. The van der Waals surface area contributed by atoms with E-state index in [1.165, 1.54) is 12.8 Å². The van der Waals surface area contributed by atoms with Crippen molar-refractivity contribution < 1.29 is 9.84 Å². The molecule has 1 saturated carbocycles. The summed E-state index contributed by atoms with van der Waals surface area (Å²) in [5.41, 5.74) is 0. The van der Waals surface area contributed by atoms with E-state index in [0.717, 1.165) is 30.9 Å². The number of aliphatic hydroxyl groups excluding tert-OH is 1. The van der Waals surface area contributed by atoms with Crippen molar-refractivity contribution in [3.8, 4) is 12.3 Å². The normalized spacial score (nSPS) is 18.1. The summed E-state index contributed by atoms with van der Waals surface area (Å²) in [7, 11) is 0. The van der Waals surface area contributed by atoms with Crippen LogP contribution >= 0.6 is 11.8 Å². The summed E-state index contributed by atoms with van der Waals surface area (Å²) in [5, 5.41) is 12.9. The van der Waals surface area contributed by atoms with E-state index < -0.39 is 6.10 Å². The average Bonchev–Trinajstić information content (AvgIpc) is 2.84. The van der Waals surface area contributed by atoms with E-state index in [2.05, 4.69) is 11.2 Å². The summed E-state index contributed by atoms with van der Waals surface area (Å²) in [6.07, 6.45) is 9.98. The fourth-order valence-corrected chi connectivity index (χ4v) is 2.46. The molecule has 0 spiro atoms. The molecule has 0 bridgehead atoms. The first-order chi connectivity index (χ1) is 8.33. The van der Waals surface area contributed by atoms with Gasteiger partial charge in [0.1, 0.15) is 0 Å². The SMILES string of the molecule is C#CCSCCNCC(O)COC1CCCC1. The second kappa shape index (κ2) is 9.78. The molecule has 1 atom stereocenters. The molecule has 1 aliphatic rings. The molecule has 0 heterocycles. The lowest BCUT2D eigenvalue weighted by molar-refractivity contribution is -0.00520. The maximum absolute atomic E-state index is 9.69. The summed E-state index contributed by atoms with van der Waals surface area (Å²) in [5.74, 6) is 4.33. The van der Waals surface area contributed by atoms with Crippen LogP contribution in [0.25, 0.3) is 0 Å². The predicted octanol–water partition coefficient (Wildman–Crippen LogP) is 1.26. The molecule has 0 aromatic carbocycles. The number of terminal acetylenes is 1. The van der Waals surface area contributed by atoms with E-state index in [1.54, 1.807) is 11.8 Å². The third kappa shape index (κ3) is 7.67. The number of aliphatic hydroxyl groups is 1. The maximum Gasteiger partial charge on any atom is 0.0897 e. The van der Waals surface area contributed by atoms with E-state index in [4.69, 9.17) is 11.2 Å². The van der Waals surface area contributed by atoms with E-state index in [-0.39, 0.29) is 0 Å². The molecule has 4 heteroatoms. The summed E-state index contributed by atoms with van der Waals surface area (Å²) in [6.45, 7) is 1.94. The zero-order valence-corrected chi connectivity index (χ0v) is 11.2. The Bertz CT molecular complexity index is 224. The standard InChI is InChI=1S/C13H23NO2S/c1-2-8-17-9-7-14-10-12(15)11-16-13-5-3-4-6-13/h1,12-15H,3-11H2. The van der Waals surface area contributed by atoms with Crippen molar-refractivity contribution >= 4 is 11.8 Å². The molecule has 0 aliphatic heterocycles. The molecule has 1 fully saturated rings. The van der Waals surface area contributed by atoms with Gasteiger partial charge in [0.05, 0.1) is 24.6 Å². The van der Waals surface area contributed by atoms with Crippen molar-refractivity contribution in [1.82, 2.24) is 5.32 Å². The predicted molar refractivity (Wildman–Crippen MR) is 73.2 cm³/mol. The van der Waals surface area contributed by atoms with Crippen LogP contribution in [0.2, 0.25) is 0 Å². The van der Waals surface area contributed by atoms with Gasteiger partial charge in [0, 0.05) is 18.8 Å². The molecule has 0 saturated heterocycles. The second-order valence-electron chi connectivity index (χ2n) is 4.35. The number of rotatable bonds is 9. The second-order valence-corrected chi connectivity index (χ2v) is 5.46. The molecule has 0 amide bonds. The molecule has 0 aromatic rings. The number of nitrogens with one attached hydrogen (secondary N) is 1. The van der Waals surface area contributed by atoms with Crippen LogP contribution in [-0.2, 0) is 4.74 Å². The molecule has 0 radical (unpaired) electrons. The lowest BCUT2D eigenvalue weighted by Gasteiger charge is -2.15. The van der Waals surface area contributed by atoms with Gasteiger partial charge in [-0.3, -0.25) is 0 Å². The zero-order chi connectivity index (χ0) is 12.3. The van der Waals surface area contributed by atoms with Crippen LogP contribution in [0.4, 0.5) is 0 Å². The van der Waals surface area contributed by atoms with Crippen LogP contribution < -0.4 is 5.32 Å². The van der Waals surface area contributed by atoms with Gasteiger partial charge in [0.25, 0.3) is 0 Å². The van der Waals surface area contributed by atoms with Gasteiger partial charge >= 0.3 is 0 Å². The maximum atomic E-state index is 9.69. The summed E-state index contributed by atoms with van der Waals surface area (Å²) in [6, 6.07) is 0. The van der Waals surface area contributed by atoms with Crippen LogP contribution in [0.5, 0.6) is 0 Å². The Labute approximate surface area is 109 Å². The Morgan fingerprint density at radius 2 is 2.24 bits per heavy atom. The van der Waals surface area contributed by atoms with E-state index in [9.17, 15) is 5.11 Å². The Balaban J connectivity index is 1.87. The lowest BCUT2D eigenvalue weighted by Crippen LogP contribution is -2.32. The van der Waals surface area contributed by atoms with Gasteiger partial charge < -0.3 is 15.2 Å². The Morgan fingerprint density at radius 3 is 2.94 bits per heavy atom. The van der Waals surface area contributed by atoms with Crippen molar-refractivity contribution in [2.24, 2.45) is 0 Å². The van der Waals surface area contributed by atoms with Crippen molar-refractivity contribution in [2.45, 2.75) is 37.9 Å². The Hall–Kier alpha value is -0.210. The highest BCUT2D eigenvalue weighted by molar-refractivity contribution is 7.99. The summed E-state index contributed by atoms with van der Waals surface area (Å²) < 4.78 is 5.64. The zero-order valence-electron chi connectivity index (χ0n) is 10.4. The minimum atomic E-state index is -0.395. The third-order valence-electron chi connectivity index (χ3n) is 2.82. The highest BCUT2D eigenvalue weighted by atomic mass is 32.2. The van der Waals surface area contributed by atoms with Crippen LogP contribution in [0, 0.1) is 12.3 Å². The molecule has 1 unspecified atom stereocenters. The molecule has 1 rings (SSSR count). The Kier molecular flexibility index (Phi) is 8.55. The van der Waals surface area contributed by atoms with Crippen LogP contribution in [0.15, 0.2) is 0 Å². The largest absolute Gasteiger partial charge is 0.389 e. The van der Waals surface area contributed by atoms with Gasteiger partial charge in [-0.2, -0.15) is 0 Å². The van der Waals surface area contributed by atoms with E-state index in [0.29, 0.717) is 19.3 Å². The van der Waals surface area contributed by atoms with Gasteiger partial charge in [-0.15, -0.1) is 18.2 Å². The average molecular weight is 257 g/mol. The first kappa shape index (κ1) is 14.8. The highest BCUT2D eigenvalue weighted by Gasteiger charge is 2.16. The van der Waals surface area contributed by atoms with Crippen molar-refractivity contribution in [3.05, 3.63) is 0 Å². The minimum absolute atomic E-state index is 0.385. The lowest BCUT2D eigenvalue weighted by atomic mass is 10.3. The van der Waals surface area contributed by atoms with Crippen molar-refractivity contribution in [1.29, 1.82) is 0 Å². The molecular weight excluding hydrogens is 234 g/mol. The number of hydrogen-bond acceptors (Lipinski definition) is 4. The monoisotopic (exact) mass is 257 g/mol. The minimum Gasteiger partial charge on any atom is -0.389 e.